The fourth-order valence-corrected chi connectivity index (χ4v) is 3.34. The predicted molar refractivity (Wildman–Crippen MR) is 89.4 cm³/mol. The van der Waals surface area contributed by atoms with Gasteiger partial charge in [-0.05, 0) is 19.8 Å². The van der Waals surface area contributed by atoms with Gasteiger partial charge in [-0.3, -0.25) is 19.1 Å². The molecule has 0 unspecified atom stereocenters. The molecule has 0 bridgehead atoms. The summed E-state index contributed by atoms with van der Waals surface area (Å²) in [6, 6.07) is 0. The first-order chi connectivity index (χ1) is 11.4. The summed E-state index contributed by atoms with van der Waals surface area (Å²) >= 11 is 1.21. The first-order valence-electron chi connectivity index (χ1n) is 7.61. The molecule has 128 valence electrons. The second kappa shape index (κ2) is 6.27. The van der Waals surface area contributed by atoms with Crippen LogP contribution in [0.4, 0.5) is 5.82 Å². The lowest BCUT2D eigenvalue weighted by molar-refractivity contribution is 0.102. The highest BCUT2D eigenvalue weighted by atomic mass is 32.2. The molecule has 0 spiro atoms. The van der Waals surface area contributed by atoms with Crippen LogP contribution in [-0.2, 0) is 13.6 Å². The van der Waals surface area contributed by atoms with Crippen molar-refractivity contribution in [3.05, 3.63) is 32.2 Å². The highest BCUT2D eigenvalue weighted by Crippen LogP contribution is 2.40. The number of hydrogen-bond acceptors (Lipinski definition) is 7. The number of thioether (sulfide) groups is 1. The summed E-state index contributed by atoms with van der Waals surface area (Å²) < 4.78 is 3.03. The van der Waals surface area contributed by atoms with Crippen LogP contribution >= 0.6 is 11.8 Å². The zero-order valence-corrected chi connectivity index (χ0v) is 14.2. The molecule has 9 nitrogen and oxygen atoms in total. The molecular formula is C14H18N6O3S. The van der Waals surface area contributed by atoms with E-state index < -0.39 is 17.0 Å². The molecule has 0 aliphatic heterocycles. The summed E-state index contributed by atoms with van der Waals surface area (Å²) in [6.45, 7) is 2.72. The third kappa shape index (κ3) is 2.88. The van der Waals surface area contributed by atoms with Crippen molar-refractivity contribution in [2.75, 3.05) is 11.5 Å². The Labute approximate surface area is 141 Å². The van der Waals surface area contributed by atoms with Crippen LogP contribution < -0.4 is 17.0 Å². The molecule has 3 rings (SSSR count). The fourth-order valence-electron chi connectivity index (χ4n) is 2.46. The highest BCUT2D eigenvalue weighted by Gasteiger charge is 2.30. The molecular weight excluding hydrogens is 332 g/mol. The smallest absolute Gasteiger partial charge is 0.329 e. The summed E-state index contributed by atoms with van der Waals surface area (Å²) in [6.07, 6.45) is 2.23. The van der Waals surface area contributed by atoms with Crippen LogP contribution in [0.5, 0.6) is 0 Å². The highest BCUT2D eigenvalue weighted by molar-refractivity contribution is 7.99. The van der Waals surface area contributed by atoms with Crippen molar-refractivity contribution >= 4 is 23.4 Å². The van der Waals surface area contributed by atoms with Gasteiger partial charge in [0.25, 0.3) is 5.56 Å². The van der Waals surface area contributed by atoms with Gasteiger partial charge in [0.05, 0.1) is 5.75 Å². The molecule has 2 aromatic heterocycles. The lowest BCUT2D eigenvalue weighted by Crippen LogP contribution is -2.35. The summed E-state index contributed by atoms with van der Waals surface area (Å²) in [5.41, 5.74) is 4.12. The van der Waals surface area contributed by atoms with Gasteiger partial charge in [0, 0.05) is 19.5 Å². The van der Waals surface area contributed by atoms with Crippen LogP contribution in [-0.4, -0.2) is 35.9 Å². The van der Waals surface area contributed by atoms with E-state index in [0.29, 0.717) is 11.1 Å². The number of carbonyl (C=O) groups is 1. The minimum absolute atomic E-state index is 0.00567. The molecule has 2 aromatic rings. The van der Waals surface area contributed by atoms with Crippen molar-refractivity contribution in [1.82, 2.24) is 24.3 Å². The third-order valence-corrected chi connectivity index (χ3v) is 4.95. The standard InChI is InChI=1S/C14H18N6O3S/c1-3-20-11(7-4-5-7)17-18-14(20)24-6-8(21)9-10(15)19(2)13(23)16-12(9)22/h7H,3-6,15H2,1-2H3,(H,16,22,23). The quantitative estimate of drug-likeness (QED) is 0.559. The van der Waals surface area contributed by atoms with Crippen molar-refractivity contribution in [3.8, 4) is 0 Å². The average molecular weight is 350 g/mol. The molecule has 2 heterocycles. The number of nitrogens with one attached hydrogen (secondary N) is 1. The Morgan fingerprint density at radius 1 is 1.38 bits per heavy atom. The number of ketones is 1. The van der Waals surface area contributed by atoms with Crippen molar-refractivity contribution in [1.29, 1.82) is 0 Å². The molecule has 1 fully saturated rings. The van der Waals surface area contributed by atoms with Gasteiger partial charge in [-0.2, -0.15) is 0 Å². The molecule has 0 radical (unpaired) electrons. The van der Waals surface area contributed by atoms with E-state index in [4.69, 9.17) is 5.73 Å². The van der Waals surface area contributed by atoms with E-state index in [2.05, 4.69) is 15.2 Å². The number of nitrogens with two attached hydrogens (primary N) is 1. The maximum Gasteiger partial charge on any atom is 0.329 e. The van der Waals surface area contributed by atoms with Gasteiger partial charge in [-0.25, -0.2) is 4.79 Å². The monoisotopic (exact) mass is 350 g/mol. The van der Waals surface area contributed by atoms with Crippen LogP contribution in [0.2, 0.25) is 0 Å². The number of anilines is 1. The SMILES string of the molecule is CCn1c(SCC(=O)c2c(N)n(C)c(=O)[nH]c2=O)nnc1C1CC1. The van der Waals surface area contributed by atoms with Crippen LogP contribution in [0.1, 0.15) is 41.9 Å². The first-order valence-corrected chi connectivity index (χ1v) is 8.60. The van der Waals surface area contributed by atoms with E-state index in [9.17, 15) is 14.4 Å². The lowest BCUT2D eigenvalue weighted by Gasteiger charge is -2.08. The van der Waals surface area contributed by atoms with Gasteiger partial charge in [-0.15, -0.1) is 10.2 Å². The largest absolute Gasteiger partial charge is 0.384 e. The van der Waals surface area contributed by atoms with Crippen LogP contribution in [0.25, 0.3) is 0 Å². The van der Waals surface area contributed by atoms with Gasteiger partial charge in [0.15, 0.2) is 10.9 Å². The van der Waals surface area contributed by atoms with Crippen molar-refractivity contribution in [2.24, 2.45) is 7.05 Å². The van der Waals surface area contributed by atoms with E-state index in [1.807, 2.05) is 11.5 Å². The zero-order chi connectivity index (χ0) is 17.4. The van der Waals surface area contributed by atoms with Crippen molar-refractivity contribution in [2.45, 2.75) is 37.4 Å². The molecule has 0 aromatic carbocycles. The van der Waals surface area contributed by atoms with Crippen molar-refractivity contribution < 1.29 is 4.79 Å². The minimum Gasteiger partial charge on any atom is -0.384 e. The van der Waals surface area contributed by atoms with Crippen LogP contribution in [0.15, 0.2) is 14.7 Å². The number of Topliss-reactive ketones (excluding diaryl/α,β-unsaturated/α-hetero) is 1. The molecule has 0 saturated heterocycles. The molecule has 3 N–H and O–H groups in total. The Morgan fingerprint density at radius 3 is 2.71 bits per heavy atom. The number of aromatic amines is 1. The summed E-state index contributed by atoms with van der Waals surface area (Å²) in [5.74, 6) is 0.823. The van der Waals surface area contributed by atoms with E-state index in [1.54, 1.807) is 0 Å². The van der Waals surface area contributed by atoms with Crippen LogP contribution in [0.3, 0.4) is 0 Å². The second-order valence-electron chi connectivity index (χ2n) is 5.65. The minimum atomic E-state index is -0.767. The molecule has 1 aliphatic carbocycles. The summed E-state index contributed by atoms with van der Waals surface area (Å²) in [7, 11) is 1.40. The number of rotatable bonds is 6. The van der Waals surface area contributed by atoms with Gasteiger partial charge in [-0.1, -0.05) is 11.8 Å². The van der Waals surface area contributed by atoms with E-state index in [0.717, 1.165) is 29.8 Å². The maximum absolute atomic E-state index is 12.4. The molecule has 10 heteroatoms. The Morgan fingerprint density at radius 2 is 2.08 bits per heavy atom. The first kappa shape index (κ1) is 16.5. The van der Waals surface area contributed by atoms with E-state index in [-0.39, 0.29) is 17.1 Å². The Hall–Kier alpha value is -2.36. The molecule has 1 saturated carbocycles. The molecule has 0 amide bonds. The number of aromatic nitrogens is 5. The Bertz CT molecular complexity index is 908. The van der Waals surface area contributed by atoms with Gasteiger partial charge in [0.1, 0.15) is 17.2 Å². The third-order valence-electron chi connectivity index (χ3n) is 3.99. The zero-order valence-electron chi connectivity index (χ0n) is 13.4. The number of nitrogens with zero attached hydrogens (tertiary/aromatic N) is 4. The maximum atomic E-state index is 12.4. The topological polar surface area (TPSA) is 129 Å². The van der Waals surface area contributed by atoms with Gasteiger partial charge >= 0.3 is 5.69 Å². The Balaban J connectivity index is 1.81. The average Bonchev–Trinajstić information content (AvgIpc) is 3.30. The number of H-pyrrole nitrogens is 1. The number of hydrogen-bond donors (Lipinski definition) is 2. The second-order valence-corrected chi connectivity index (χ2v) is 6.59. The van der Waals surface area contributed by atoms with E-state index in [1.165, 1.54) is 18.8 Å². The molecule has 24 heavy (non-hydrogen) atoms. The fraction of sp³-hybridized carbons (Fsp3) is 0.500. The summed E-state index contributed by atoms with van der Waals surface area (Å²) in [4.78, 5) is 37.8. The Kier molecular flexibility index (Phi) is 4.31. The molecule has 0 atom stereocenters. The van der Waals surface area contributed by atoms with Gasteiger partial charge in [0.2, 0.25) is 0 Å². The van der Waals surface area contributed by atoms with Crippen LogP contribution in [0, 0.1) is 0 Å². The van der Waals surface area contributed by atoms with Gasteiger partial charge < -0.3 is 10.3 Å². The summed E-state index contributed by atoms with van der Waals surface area (Å²) in [5, 5.41) is 8.99. The van der Waals surface area contributed by atoms with E-state index >= 15 is 0 Å². The number of carbonyl (C=O) groups excluding carboxylic acids is 1. The predicted octanol–water partition coefficient (Wildman–Crippen LogP) is 0.120. The lowest BCUT2D eigenvalue weighted by atomic mass is 10.2. The van der Waals surface area contributed by atoms with Crippen molar-refractivity contribution in [3.63, 3.8) is 0 Å². The number of nitrogen functional groups attached to an aromatic ring is 1. The molecule has 1 aliphatic rings. The normalized spacial score (nSPS) is 14.1.